The van der Waals surface area contributed by atoms with Crippen LogP contribution in [-0.2, 0) is 13.0 Å². The summed E-state index contributed by atoms with van der Waals surface area (Å²) < 4.78 is 11.1. The largest absolute Gasteiger partial charge is 0.497 e. The molecular formula is C27H33NO3. The van der Waals surface area contributed by atoms with Gasteiger partial charge in [0, 0.05) is 6.04 Å². The van der Waals surface area contributed by atoms with Gasteiger partial charge in [-0.1, -0.05) is 48.5 Å². The second-order valence-corrected chi connectivity index (χ2v) is 7.94. The lowest BCUT2D eigenvalue weighted by Crippen LogP contribution is -2.33. The van der Waals surface area contributed by atoms with Crippen molar-refractivity contribution in [2.75, 3.05) is 13.7 Å². The number of hydrogen-bond acceptors (Lipinski definition) is 4. The Morgan fingerprint density at radius 3 is 2.35 bits per heavy atom. The van der Waals surface area contributed by atoms with E-state index in [2.05, 4.69) is 29.6 Å². The smallest absolute Gasteiger partial charge is 0.122 e. The van der Waals surface area contributed by atoms with Crippen LogP contribution < -0.4 is 14.8 Å². The summed E-state index contributed by atoms with van der Waals surface area (Å²) in [4.78, 5) is 0. The quantitative estimate of drug-likeness (QED) is 0.418. The number of methoxy groups -OCH3 is 1. The lowest BCUT2D eigenvalue weighted by molar-refractivity contribution is 0.136. The summed E-state index contributed by atoms with van der Waals surface area (Å²) >= 11 is 0. The summed E-state index contributed by atoms with van der Waals surface area (Å²) in [5.74, 6) is 1.73. The molecule has 2 atom stereocenters. The number of aliphatic hydroxyl groups is 1. The van der Waals surface area contributed by atoms with E-state index in [9.17, 15) is 5.11 Å². The topological polar surface area (TPSA) is 50.7 Å². The van der Waals surface area contributed by atoms with Crippen molar-refractivity contribution < 1.29 is 14.6 Å². The molecule has 2 N–H and O–H groups in total. The van der Waals surface area contributed by atoms with Crippen molar-refractivity contribution in [1.82, 2.24) is 5.32 Å². The predicted molar refractivity (Wildman–Crippen MR) is 126 cm³/mol. The van der Waals surface area contributed by atoms with Gasteiger partial charge in [-0.2, -0.15) is 0 Å². The molecular weight excluding hydrogens is 386 g/mol. The molecule has 4 nitrogen and oxygen atoms in total. The predicted octanol–water partition coefficient (Wildman–Crippen LogP) is 5.23. The first-order valence-electron chi connectivity index (χ1n) is 10.9. The Hall–Kier alpha value is -2.82. The maximum atomic E-state index is 10.8. The average Bonchev–Trinajstić information content (AvgIpc) is 2.81. The molecule has 0 aromatic heterocycles. The highest BCUT2D eigenvalue weighted by Gasteiger charge is 2.17. The van der Waals surface area contributed by atoms with E-state index in [4.69, 9.17) is 9.47 Å². The minimum Gasteiger partial charge on any atom is -0.497 e. The molecule has 0 spiro atoms. The Morgan fingerprint density at radius 2 is 1.68 bits per heavy atom. The lowest BCUT2D eigenvalue weighted by atomic mass is 10.0. The number of benzene rings is 3. The summed E-state index contributed by atoms with van der Waals surface area (Å²) in [6, 6.07) is 24.2. The van der Waals surface area contributed by atoms with Gasteiger partial charge in [-0.25, -0.2) is 0 Å². The van der Waals surface area contributed by atoms with Gasteiger partial charge in [0.05, 0.1) is 13.2 Å². The monoisotopic (exact) mass is 419 g/mol. The summed E-state index contributed by atoms with van der Waals surface area (Å²) in [5.41, 5.74) is 4.36. The van der Waals surface area contributed by atoms with Crippen LogP contribution in [0.3, 0.4) is 0 Å². The number of hydrogen-bond donors (Lipinski definition) is 2. The van der Waals surface area contributed by atoms with Crippen LogP contribution in [0.2, 0.25) is 0 Å². The van der Waals surface area contributed by atoms with Crippen LogP contribution in [0.4, 0.5) is 0 Å². The summed E-state index contributed by atoms with van der Waals surface area (Å²) in [5, 5.41) is 14.2. The summed E-state index contributed by atoms with van der Waals surface area (Å²) in [7, 11) is 1.68. The Labute approximate surface area is 185 Å². The number of rotatable bonds is 11. The maximum absolute atomic E-state index is 10.8. The highest BCUT2D eigenvalue weighted by Crippen LogP contribution is 2.25. The van der Waals surface area contributed by atoms with Crippen LogP contribution in [-0.4, -0.2) is 24.8 Å². The van der Waals surface area contributed by atoms with Crippen molar-refractivity contribution in [2.45, 2.75) is 45.4 Å². The van der Waals surface area contributed by atoms with Crippen molar-refractivity contribution >= 4 is 0 Å². The van der Waals surface area contributed by atoms with E-state index in [-0.39, 0.29) is 6.04 Å². The fraction of sp³-hybridized carbons (Fsp3) is 0.333. The van der Waals surface area contributed by atoms with Gasteiger partial charge in [-0.15, -0.1) is 0 Å². The van der Waals surface area contributed by atoms with E-state index in [0.717, 1.165) is 47.6 Å². The number of nitrogens with one attached hydrogen (secondary N) is 1. The third kappa shape index (κ3) is 6.84. The van der Waals surface area contributed by atoms with Gasteiger partial charge in [0.25, 0.3) is 0 Å². The van der Waals surface area contributed by atoms with Gasteiger partial charge in [0.1, 0.15) is 18.1 Å². The van der Waals surface area contributed by atoms with E-state index in [0.29, 0.717) is 6.61 Å². The molecule has 0 saturated heterocycles. The van der Waals surface area contributed by atoms with Crippen LogP contribution in [0.1, 0.15) is 41.7 Å². The Kier molecular flexibility index (Phi) is 8.51. The highest BCUT2D eigenvalue weighted by atomic mass is 16.5. The third-order valence-corrected chi connectivity index (χ3v) is 5.52. The lowest BCUT2D eigenvalue weighted by Gasteiger charge is -2.22. The molecule has 0 amide bonds. The molecule has 4 heteroatoms. The van der Waals surface area contributed by atoms with Crippen molar-refractivity contribution in [3.05, 3.63) is 95.1 Å². The number of ether oxygens (including phenoxy) is 2. The van der Waals surface area contributed by atoms with Crippen LogP contribution in [0.5, 0.6) is 11.5 Å². The van der Waals surface area contributed by atoms with E-state index in [1.165, 1.54) is 5.56 Å². The number of aryl methyl sites for hydroxylation is 2. The molecule has 0 heterocycles. The molecule has 3 aromatic carbocycles. The minimum absolute atomic E-state index is 0.0358. The molecule has 3 aromatic rings. The Balaban J connectivity index is 1.45. The first-order chi connectivity index (χ1) is 15.1. The van der Waals surface area contributed by atoms with Gasteiger partial charge in [0.15, 0.2) is 0 Å². The molecule has 0 aliphatic rings. The van der Waals surface area contributed by atoms with E-state index in [1.54, 1.807) is 7.11 Å². The molecule has 0 saturated carbocycles. The Bertz CT molecular complexity index is 925. The number of aliphatic hydroxyl groups excluding tert-OH is 1. The van der Waals surface area contributed by atoms with E-state index in [1.807, 2.05) is 62.4 Å². The van der Waals surface area contributed by atoms with E-state index >= 15 is 0 Å². The maximum Gasteiger partial charge on any atom is 0.122 e. The van der Waals surface area contributed by atoms with Gasteiger partial charge in [-0.05, 0) is 79.8 Å². The molecule has 0 aliphatic carbocycles. The third-order valence-electron chi connectivity index (χ3n) is 5.52. The molecule has 0 aliphatic heterocycles. The zero-order chi connectivity index (χ0) is 22.1. The fourth-order valence-corrected chi connectivity index (χ4v) is 3.57. The van der Waals surface area contributed by atoms with Gasteiger partial charge in [0.2, 0.25) is 0 Å². The molecule has 31 heavy (non-hydrogen) atoms. The standard InChI is InChI=1S/C27H33NO3/c1-20-18-24(13-16-26(20)31-19-23-8-5-4-6-9-23)27(29)21(2)28-17-7-10-22-11-14-25(30-3)15-12-22/h4-6,8-9,11-16,18,21,27-29H,7,10,17,19H2,1-3H3. The molecule has 2 unspecified atom stereocenters. The molecule has 0 fully saturated rings. The fourth-order valence-electron chi connectivity index (χ4n) is 3.57. The molecule has 0 radical (unpaired) electrons. The summed E-state index contributed by atoms with van der Waals surface area (Å²) in [6.45, 7) is 5.42. The van der Waals surface area contributed by atoms with Gasteiger partial charge in [-0.3, -0.25) is 0 Å². The SMILES string of the molecule is COc1ccc(CCCNC(C)C(O)c2ccc(OCc3ccccc3)c(C)c2)cc1. The second-order valence-electron chi connectivity index (χ2n) is 7.94. The van der Waals surface area contributed by atoms with Gasteiger partial charge < -0.3 is 19.9 Å². The minimum atomic E-state index is -0.567. The molecule has 0 bridgehead atoms. The van der Waals surface area contributed by atoms with Gasteiger partial charge >= 0.3 is 0 Å². The second kappa shape index (κ2) is 11.5. The molecule has 3 rings (SSSR count). The van der Waals surface area contributed by atoms with Crippen LogP contribution in [0, 0.1) is 6.92 Å². The zero-order valence-electron chi connectivity index (χ0n) is 18.7. The van der Waals surface area contributed by atoms with Crippen LogP contribution >= 0.6 is 0 Å². The molecule has 164 valence electrons. The highest BCUT2D eigenvalue weighted by molar-refractivity contribution is 5.37. The van der Waals surface area contributed by atoms with Crippen molar-refractivity contribution in [3.8, 4) is 11.5 Å². The summed E-state index contributed by atoms with van der Waals surface area (Å²) in [6.07, 6.45) is 1.43. The first-order valence-corrected chi connectivity index (χ1v) is 10.9. The average molecular weight is 420 g/mol. The van der Waals surface area contributed by atoms with E-state index < -0.39 is 6.10 Å². The van der Waals surface area contributed by atoms with Crippen LogP contribution in [0.15, 0.2) is 72.8 Å². The Morgan fingerprint density at radius 1 is 0.935 bits per heavy atom. The first kappa shape index (κ1) is 22.9. The van der Waals surface area contributed by atoms with Crippen molar-refractivity contribution in [3.63, 3.8) is 0 Å². The van der Waals surface area contributed by atoms with Crippen molar-refractivity contribution in [1.29, 1.82) is 0 Å². The zero-order valence-corrected chi connectivity index (χ0v) is 18.7. The van der Waals surface area contributed by atoms with Crippen LogP contribution in [0.25, 0.3) is 0 Å². The normalized spacial score (nSPS) is 12.9. The van der Waals surface area contributed by atoms with Crippen molar-refractivity contribution in [2.24, 2.45) is 0 Å².